The van der Waals surface area contributed by atoms with Gasteiger partial charge in [-0.1, -0.05) is 0 Å². The summed E-state index contributed by atoms with van der Waals surface area (Å²) in [6.45, 7) is 2.16. The number of aromatic nitrogens is 5. The van der Waals surface area contributed by atoms with Crippen molar-refractivity contribution in [3.8, 4) is 11.3 Å². The van der Waals surface area contributed by atoms with Gasteiger partial charge in [-0.2, -0.15) is 23.4 Å². The highest BCUT2D eigenvalue weighted by atomic mass is 19.4. The Hall–Kier alpha value is -3.76. The number of aryl methyl sites for hydroxylation is 3. The number of hydrogen-bond acceptors (Lipinski definition) is 4. The highest BCUT2D eigenvalue weighted by Crippen LogP contribution is 2.39. The number of amides is 1. The van der Waals surface area contributed by atoms with E-state index in [4.69, 9.17) is 0 Å². The maximum atomic E-state index is 13.9. The molecule has 0 aliphatic carbocycles. The summed E-state index contributed by atoms with van der Waals surface area (Å²) in [5.41, 5.74) is 2.09. The zero-order valence-corrected chi connectivity index (χ0v) is 18.6. The van der Waals surface area contributed by atoms with Gasteiger partial charge in [0.2, 0.25) is 0 Å². The number of fused-ring (bicyclic) bond motifs is 2. The minimum absolute atomic E-state index is 0.0442. The molecule has 0 N–H and O–H groups in total. The van der Waals surface area contributed by atoms with E-state index in [1.807, 2.05) is 0 Å². The summed E-state index contributed by atoms with van der Waals surface area (Å²) in [4.78, 5) is 19.4. The number of pyridine rings is 1. The Morgan fingerprint density at radius 3 is 2.62 bits per heavy atom. The van der Waals surface area contributed by atoms with Crippen molar-refractivity contribution in [2.45, 2.75) is 26.1 Å². The molecule has 0 atom stereocenters. The molecule has 1 amide bonds. The molecule has 0 radical (unpaired) electrons. The van der Waals surface area contributed by atoms with Crippen LogP contribution in [0, 0.1) is 12.7 Å². The van der Waals surface area contributed by atoms with Crippen molar-refractivity contribution in [1.82, 2.24) is 29.4 Å². The fraction of sp³-hybridized carbons (Fsp3) is 0.304. The fourth-order valence-corrected chi connectivity index (χ4v) is 4.65. The van der Waals surface area contributed by atoms with Crippen molar-refractivity contribution in [3.05, 3.63) is 64.5 Å². The zero-order chi connectivity index (χ0) is 24.4. The van der Waals surface area contributed by atoms with Crippen molar-refractivity contribution in [3.63, 3.8) is 0 Å². The lowest BCUT2D eigenvalue weighted by atomic mass is 9.98. The van der Waals surface area contributed by atoms with E-state index in [1.54, 1.807) is 24.9 Å². The van der Waals surface area contributed by atoms with Gasteiger partial charge in [0.1, 0.15) is 5.82 Å². The van der Waals surface area contributed by atoms with Gasteiger partial charge in [0.15, 0.2) is 5.69 Å². The van der Waals surface area contributed by atoms with Crippen LogP contribution in [0.3, 0.4) is 0 Å². The lowest BCUT2D eigenvalue weighted by molar-refractivity contribution is -0.143. The molecule has 0 fully saturated rings. The van der Waals surface area contributed by atoms with Gasteiger partial charge in [-0.15, -0.1) is 0 Å². The third-order valence-corrected chi connectivity index (χ3v) is 6.08. The Bertz CT molecular complexity index is 1450. The second-order valence-corrected chi connectivity index (χ2v) is 8.38. The predicted molar refractivity (Wildman–Crippen MR) is 115 cm³/mol. The standard InChI is InChI=1S/C23H20F4N6O/c1-12-8-16(15-9-13(24)4-5-18(15)29-12)22(34)33-7-6-14-19(11-33)30-31(2)20(14)17-10-28-32(3)21(17)23(25,26)27/h4-5,8-10H,6-7,11H2,1-3H3. The third kappa shape index (κ3) is 3.51. The molecule has 7 nitrogen and oxygen atoms in total. The monoisotopic (exact) mass is 472 g/mol. The summed E-state index contributed by atoms with van der Waals surface area (Å²) in [6.07, 6.45) is -3.06. The van der Waals surface area contributed by atoms with Gasteiger partial charge in [0, 0.05) is 37.3 Å². The van der Waals surface area contributed by atoms with Crippen LogP contribution in [-0.4, -0.2) is 41.9 Å². The zero-order valence-electron chi connectivity index (χ0n) is 18.6. The van der Waals surface area contributed by atoms with E-state index in [0.29, 0.717) is 45.5 Å². The van der Waals surface area contributed by atoms with E-state index in [-0.39, 0.29) is 24.6 Å². The molecule has 3 aromatic heterocycles. The van der Waals surface area contributed by atoms with Crippen LogP contribution in [-0.2, 0) is 33.2 Å². The first-order chi connectivity index (χ1) is 16.0. The molecule has 5 rings (SSSR count). The van der Waals surface area contributed by atoms with Crippen molar-refractivity contribution in [2.24, 2.45) is 14.1 Å². The first-order valence-corrected chi connectivity index (χ1v) is 10.5. The molecule has 1 aliphatic heterocycles. The Balaban J connectivity index is 1.53. The summed E-state index contributed by atoms with van der Waals surface area (Å²) in [6, 6.07) is 5.72. The molecular weight excluding hydrogens is 452 g/mol. The van der Waals surface area contributed by atoms with Crippen LogP contribution in [0.25, 0.3) is 22.2 Å². The number of halogens is 4. The van der Waals surface area contributed by atoms with Crippen molar-refractivity contribution < 1.29 is 22.4 Å². The number of hydrogen-bond donors (Lipinski definition) is 0. The number of nitrogens with zero attached hydrogens (tertiary/aromatic N) is 6. The smallest absolute Gasteiger partial charge is 0.332 e. The maximum Gasteiger partial charge on any atom is 0.433 e. The molecule has 0 unspecified atom stereocenters. The van der Waals surface area contributed by atoms with Gasteiger partial charge in [0.25, 0.3) is 5.91 Å². The van der Waals surface area contributed by atoms with E-state index >= 15 is 0 Å². The quantitative estimate of drug-likeness (QED) is 0.413. The summed E-state index contributed by atoms with van der Waals surface area (Å²) >= 11 is 0. The molecule has 0 saturated heterocycles. The molecule has 4 aromatic rings. The topological polar surface area (TPSA) is 68.8 Å². The summed E-state index contributed by atoms with van der Waals surface area (Å²) in [5.74, 6) is -0.782. The summed E-state index contributed by atoms with van der Waals surface area (Å²) in [7, 11) is 2.83. The Morgan fingerprint density at radius 1 is 1.12 bits per heavy atom. The van der Waals surface area contributed by atoms with Crippen LogP contribution in [0.1, 0.15) is 33.0 Å². The van der Waals surface area contributed by atoms with Gasteiger partial charge in [-0.05, 0) is 37.6 Å². The molecule has 0 saturated carbocycles. The highest BCUT2D eigenvalue weighted by molar-refractivity contribution is 6.06. The summed E-state index contributed by atoms with van der Waals surface area (Å²) in [5, 5.41) is 8.65. The van der Waals surface area contributed by atoms with Gasteiger partial charge < -0.3 is 4.90 Å². The van der Waals surface area contributed by atoms with Gasteiger partial charge >= 0.3 is 6.18 Å². The molecule has 11 heteroatoms. The number of rotatable bonds is 2. The van der Waals surface area contributed by atoms with Gasteiger partial charge in [0.05, 0.1) is 40.8 Å². The lowest BCUT2D eigenvalue weighted by Gasteiger charge is -2.27. The Morgan fingerprint density at radius 2 is 1.88 bits per heavy atom. The Kier molecular flexibility index (Phi) is 4.96. The minimum atomic E-state index is -4.58. The second-order valence-electron chi connectivity index (χ2n) is 8.38. The van der Waals surface area contributed by atoms with E-state index in [9.17, 15) is 22.4 Å². The molecule has 0 spiro atoms. The number of carbonyl (C=O) groups is 1. The first-order valence-electron chi connectivity index (χ1n) is 10.5. The molecule has 34 heavy (non-hydrogen) atoms. The molecule has 0 bridgehead atoms. The molecular formula is C23H20F4N6O. The maximum absolute atomic E-state index is 13.9. The average Bonchev–Trinajstić information content (AvgIpc) is 3.30. The van der Waals surface area contributed by atoms with E-state index in [2.05, 4.69) is 15.2 Å². The Labute approximate surface area is 191 Å². The van der Waals surface area contributed by atoms with E-state index in [0.717, 1.165) is 4.68 Å². The second kappa shape index (κ2) is 7.64. The van der Waals surface area contributed by atoms with E-state index < -0.39 is 17.7 Å². The van der Waals surface area contributed by atoms with Crippen LogP contribution >= 0.6 is 0 Å². The molecule has 176 valence electrons. The highest BCUT2D eigenvalue weighted by Gasteiger charge is 2.40. The SMILES string of the molecule is Cc1cc(C(=O)N2CCc3c(nn(C)c3-c3cnn(C)c3C(F)(F)F)C2)c2cc(F)ccc2n1. The normalized spacial score (nSPS) is 14.0. The lowest BCUT2D eigenvalue weighted by Crippen LogP contribution is -2.36. The number of carbonyl (C=O) groups excluding carboxylic acids is 1. The van der Waals surface area contributed by atoms with Crippen LogP contribution in [0.4, 0.5) is 17.6 Å². The minimum Gasteiger partial charge on any atom is -0.332 e. The van der Waals surface area contributed by atoms with Crippen molar-refractivity contribution in [2.75, 3.05) is 6.54 Å². The van der Waals surface area contributed by atoms with E-state index in [1.165, 1.54) is 36.1 Å². The van der Waals surface area contributed by atoms with Crippen LogP contribution < -0.4 is 0 Å². The van der Waals surface area contributed by atoms with Crippen LogP contribution in [0.2, 0.25) is 0 Å². The van der Waals surface area contributed by atoms with Crippen molar-refractivity contribution >= 4 is 16.8 Å². The number of benzene rings is 1. The van der Waals surface area contributed by atoms with Crippen LogP contribution in [0.15, 0.2) is 30.5 Å². The third-order valence-electron chi connectivity index (χ3n) is 6.08. The van der Waals surface area contributed by atoms with Crippen molar-refractivity contribution in [1.29, 1.82) is 0 Å². The summed E-state index contributed by atoms with van der Waals surface area (Å²) < 4.78 is 57.1. The first kappa shape index (κ1) is 22.1. The predicted octanol–water partition coefficient (Wildman–Crippen LogP) is 4.03. The van der Waals surface area contributed by atoms with Gasteiger partial charge in [-0.25, -0.2) is 4.39 Å². The number of alkyl halides is 3. The largest absolute Gasteiger partial charge is 0.433 e. The average molecular weight is 472 g/mol. The van der Waals surface area contributed by atoms with Gasteiger partial charge in [-0.3, -0.25) is 19.1 Å². The molecule has 1 aliphatic rings. The van der Waals surface area contributed by atoms with Crippen LogP contribution in [0.5, 0.6) is 0 Å². The molecule has 4 heterocycles. The molecule has 1 aromatic carbocycles. The fourth-order valence-electron chi connectivity index (χ4n) is 4.65.